The van der Waals surface area contributed by atoms with Crippen LogP contribution in [0.25, 0.3) is 0 Å². The molecule has 0 bridgehead atoms. The lowest BCUT2D eigenvalue weighted by Crippen LogP contribution is -2.54. The van der Waals surface area contributed by atoms with Crippen LogP contribution in [0.2, 0.25) is 0 Å². The Morgan fingerprint density at radius 3 is 1.94 bits per heavy atom. The Bertz CT molecular complexity index is 251. The van der Waals surface area contributed by atoms with Crippen molar-refractivity contribution in [3.63, 3.8) is 0 Å². The van der Waals surface area contributed by atoms with E-state index in [2.05, 4.69) is 0 Å². The van der Waals surface area contributed by atoms with Crippen LogP contribution in [0.3, 0.4) is 0 Å². The first kappa shape index (κ1) is 15.1. The quantitative estimate of drug-likeness (QED) is 0.765. The van der Waals surface area contributed by atoms with Gasteiger partial charge in [-0.25, -0.2) is 0 Å². The van der Waals surface area contributed by atoms with Crippen LogP contribution in [0.5, 0.6) is 0 Å². The highest BCUT2D eigenvalue weighted by molar-refractivity contribution is 5.84. The van der Waals surface area contributed by atoms with Crippen LogP contribution in [0.15, 0.2) is 0 Å². The lowest BCUT2D eigenvalue weighted by Gasteiger charge is -2.30. The molecule has 0 unspecified atom stereocenters. The fourth-order valence-electron chi connectivity index (χ4n) is 1.00. The van der Waals surface area contributed by atoms with Crippen LogP contribution >= 0.6 is 0 Å². The summed E-state index contributed by atoms with van der Waals surface area (Å²) in [6.07, 6.45) is -5.92. The second-order valence-electron chi connectivity index (χ2n) is 3.39. The predicted octanol–water partition coefficient (Wildman–Crippen LogP) is 1.41. The molecule has 16 heavy (non-hydrogen) atoms. The van der Waals surface area contributed by atoms with Crippen molar-refractivity contribution >= 4 is 5.91 Å². The summed E-state index contributed by atoms with van der Waals surface area (Å²) in [5.41, 5.74) is 0. The van der Waals surface area contributed by atoms with Gasteiger partial charge in [-0.3, -0.25) is 4.79 Å². The van der Waals surface area contributed by atoms with E-state index in [1.807, 2.05) is 0 Å². The molecule has 3 nitrogen and oxygen atoms in total. The molecule has 0 aromatic carbocycles. The molecule has 0 radical (unpaired) electrons. The minimum absolute atomic E-state index is 0.285. The SMILES string of the molecule is CC(C)N(CCO)C(=O)C(F)(F)C(F)(F)F. The molecule has 1 N–H and O–H groups in total. The van der Waals surface area contributed by atoms with Crippen LogP contribution in [-0.2, 0) is 4.79 Å². The fraction of sp³-hybridized carbons (Fsp3) is 0.875. The molecule has 0 aliphatic carbocycles. The lowest BCUT2D eigenvalue weighted by atomic mass is 10.2. The standard InChI is InChI=1S/C8H12F5NO2/c1-5(2)14(3-4-15)6(16)7(9,10)8(11,12)13/h5,15H,3-4H2,1-2H3. The smallest absolute Gasteiger partial charge is 0.395 e. The van der Waals surface area contributed by atoms with Crippen LogP contribution in [0.1, 0.15) is 13.8 Å². The molecule has 1 amide bonds. The van der Waals surface area contributed by atoms with Gasteiger partial charge < -0.3 is 10.0 Å². The lowest BCUT2D eigenvalue weighted by molar-refractivity contribution is -0.275. The molecule has 0 aromatic heterocycles. The van der Waals surface area contributed by atoms with Crippen molar-refractivity contribution in [2.24, 2.45) is 0 Å². The van der Waals surface area contributed by atoms with E-state index < -0.39 is 37.2 Å². The monoisotopic (exact) mass is 249 g/mol. The van der Waals surface area contributed by atoms with Gasteiger partial charge in [0.25, 0.3) is 0 Å². The van der Waals surface area contributed by atoms with Gasteiger partial charge >= 0.3 is 18.0 Å². The highest BCUT2D eigenvalue weighted by atomic mass is 19.4. The maximum Gasteiger partial charge on any atom is 0.463 e. The average molecular weight is 249 g/mol. The molecule has 0 aliphatic heterocycles. The van der Waals surface area contributed by atoms with Gasteiger partial charge in [-0.2, -0.15) is 22.0 Å². The largest absolute Gasteiger partial charge is 0.463 e. The number of alkyl halides is 5. The number of halogens is 5. The molecule has 0 atom stereocenters. The summed E-state index contributed by atoms with van der Waals surface area (Å²) in [6, 6.07) is -0.854. The topological polar surface area (TPSA) is 40.5 Å². The van der Waals surface area contributed by atoms with Crippen molar-refractivity contribution in [1.29, 1.82) is 0 Å². The number of aliphatic hydroxyl groups excluding tert-OH is 1. The first-order chi connectivity index (χ1) is 7.05. The Kier molecular flexibility index (Phi) is 4.66. The van der Waals surface area contributed by atoms with Crippen molar-refractivity contribution in [3.8, 4) is 0 Å². The summed E-state index contributed by atoms with van der Waals surface area (Å²) in [5.74, 6) is -7.77. The average Bonchev–Trinajstić information content (AvgIpc) is 2.10. The maximum absolute atomic E-state index is 12.7. The Hall–Kier alpha value is -0.920. The summed E-state index contributed by atoms with van der Waals surface area (Å²) < 4.78 is 61.0. The first-order valence-electron chi connectivity index (χ1n) is 4.42. The number of rotatable bonds is 4. The summed E-state index contributed by atoms with van der Waals surface area (Å²) in [7, 11) is 0. The van der Waals surface area contributed by atoms with Crippen molar-refractivity contribution in [1.82, 2.24) is 4.90 Å². The molecule has 0 spiro atoms. The van der Waals surface area contributed by atoms with E-state index in [1.54, 1.807) is 0 Å². The van der Waals surface area contributed by atoms with Crippen molar-refractivity contribution in [2.75, 3.05) is 13.2 Å². The zero-order chi connectivity index (χ0) is 13.1. The number of hydrogen-bond donors (Lipinski definition) is 1. The molecule has 0 heterocycles. The van der Waals surface area contributed by atoms with Gasteiger partial charge in [0.15, 0.2) is 0 Å². The zero-order valence-electron chi connectivity index (χ0n) is 8.68. The molecule has 0 rings (SSSR count). The normalized spacial score (nSPS) is 13.1. The summed E-state index contributed by atoms with van der Waals surface area (Å²) in [5, 5.41) is 8.48. The Morgan fingerprint density at radius 1 is 1.25 bits per heavy atom. The Balaban J connectivity index is 5.01. The molecule has 0 saturated carbocycles. The van der Waals surface area contributed by atoms with Crippen LogP contribution < -0.4 is 0 Å². The van der Waals surface area contributed by atoms with Crippen LogP contribution in [-0.4, -0.2) is 47.2 Å². The highest BCUT2D eigenvalue weighted by Gasteiger charge is 2.64. The van der Waals surface area contributed by atoms with E-state index in [9.17, 15) is 26.7 Å². The molecule has 0 fully saturated rings. The molecule has 96 valence electrons. The van der Waals surface area contributed by atoms with E-state index in [0.29, 0.717) is 0 Å². The van der Waals surface area contributed by atoms with Crippen LogP contribution in [0.4, 0.5) is 22.0 Å². The second kappa shape index (κ2) is 4.94. The minimum Gasteiger partial charge on any atom is -0.395 e. The second-order valence-corrected chi connectivity index (χ2v) is 3.39. The molecule has 0 saturated heterocycles. The first-order valence-corrected chi connectivity index (χ1v) is 4.42. The van der Waals surface area contributed by atoms with Gasteiger partial charge in [0.2, 0.25) is 0 Å². The third-order valence-corrected chi connectivity index (χ3v) is 1.85. The number of nitrogens with zero attached hydrogens (tertiary/aromatic N) is 1. The number of amides is 1. The van der Waals surface area contributed by atoms with Crippen molar-refractivity contribution in [2.45, 2.75) is 32.0 Å². The third kappa shape index (κ3) is 3.03. The fourth-order valence-corrected chi connectivity index (χ4v) is 1.00. The van der Waals surface area contributed by atoms with Gasteiger partial charge in [-0.15, -0.1) is 0 Å². The number of carbonyl (C=O) groups excluding carboxylic acids is 1. The van der Waals surface area contributed by atoms with Crippen molar-refractivity contribution < 1.29 is 31.9 Å². The number of carbonyl (C=O) groups is 1. The van der Waals surface area contributed by atoms with E-state index in [-0.39, 0.29) is 4.90 Å². The Morgan fingerprint density at radius 2 is 1.69 bits per heavy atom. The van der Waals surface area contributed by atoms with Crippen LogP contribution in [0, 0.1) is 0 Å². The van der Waals surface area contributed by atoms with Gasteiger partial charge in [-0.05, 0) is 13.8 Å². The van der Waals surface area contributed by atoms with E-state index in [0.717, 1.165) is 0 Å². The third-order valence-electron chi connectivity index (χ3n) is 1.85. The molecule has 0 aliphatic rings. The summed E-state index contributed by atoms with van der Waals surface area (Å²) in [4.78, 5) is 11.3. The maximum atomic E-state index is 12.7. The minimum atomic E-state index is -5.92. The molecular weight excluding hydrogens is 237 g/mol. The van der Waals surface area contributed by atoms with Crippen molar-refractivity contribution in [3.05, 3.63) is 0 Å². The highest BCUT2D eigenvalue weighted by Crippen LogP contribution is 2.37. The summed E-state index contributed by atoms with van der Waals surface area (Å²) >= 11 is 0. The van der Waals surface area contributed by atoms with E-state index in [4.69, 9.17) is 5.11 Å². The number of hydrogen-bond acceptors (Lipinski definition) is 2. The molecular formula is C8H12F5NO2. The molecule has 8 heteroatoms. The van der Waals surface area contributed by atoms with E-state index >= 15 is 0 Å². The number of aliphatic hydroxyl groups is 1. The zero-order valence-corrected chi connectivity index (χ0v) is 8.68. The van der Waals surface area contributed by atoms with Gasteiger partial charge in [0.05, 0.1) is 6.61 Å². The molecule has 0 aromatic rings. The Labute approximate surface area is 88.8 Å². The van der Waals surface area contributed by atoms with E-state index in [1.165, 1.54) is 13.8 Å². The summed E-state index contributed by atoms with van der Waals surface area (Å²) in [6.45, 7) is 1.31. The van der Waals surface area contributed by atoms with Gasteiger partial charge in [0, 0.05) is 12.6 Å². The van der Waals surface area contributed by atoms with Gasteiger partial charge in [0.1, 0.15) is 0 Å². The van der Waals surface area contributed by atoms with Gasteiger partial charge in [-0.1, -0.05) is 0 Å². The predicted molar refractivity (Wildman–Crippen MR) is 44.9 cm³/mol.